The lowest BCUT2D eigenvalue weighted by molar-refractivity contribution is -0.951. The molecule has 21 heavy (non-hydrogen) atoms. The van der Waals surface area contributed by atoms with Crippen molar-refractivity contribution in [3.05, 3.63) is 46.0 Å². The van der Waals surface area contributed by atoms with Crippen LogP contribution in [0.2, 0.25) is 5.02 Å². The Kier molecular flexibility index (Phi) is 3.94. The summed E-state index contributed by atoms with van der Waals surface area (Å²) in [4.78, 5) is 0. The number of benzene rings is 2. The second-order valence-electron chi connectivity index (χ2n) is 6.67. The number of fused-ring (bicyclic) bond motifs is 2. The minimum Gasteiger partial charge on any atom is -1.00 e. The summed E-state index contributed by atoms with van der Waals surface area (Å²) in [6.07, 6.45) is 4.23. The summed E-state index contributed by atoms with van der Waals surface area (Å²) < 4.78 is 1.31. The molecule has 0 aromatic heterocycles. The first-order chi connectivity index (χ1) is 9.67. The van der Waals surface area contributed by atoms with Crippen molar-refractivity contribution < 1.29 is 16.9 Å². The smallest absolute Gasteiger partial charge is 0.105 e. The first-order valence-electron chi connectivity index (χ1n) is 7.73. The average molecular weight is 322 g/mol. The lowest BCUT2D eigenvalue weighted by atomic mass is 9.97. The number of hydrogen-bond donors (Lipinski definition) is 0. The van der Waals surface area contributed by atoms with Crippen LogP contribution >= 0.6 is 11.6 Å². The van der Waals surface area contributed by atoms with E-state index in [1.165, 1.54) is 66.3 Å². The highest BCUT2D eigenvalue weighted by Gasteiger charge is 2.38. The van der Waals surface area contributed by atoms with Crippen LogP contribution in [0.4, 0.5) is 0 Å². The molecule has 0 atom stereocenters. The summed E-state index contributed by atoms with van der Waals surface area (Å²) in [5.41, 5.74) is 4.64. The fourth-order valence-corrected chi connectivity index (χ4v) is 4.44. The molecule has 2 aliphatic rings. The van der Waals surface area contributed by atoms with E-state index in [-0.39, 0.29) is 12.4 Å². The summed E-state index contributed by atoms with van der Waals surface area (Å²) in [6, 6.07) is 8.72. The van der Waals surface area contributed by atoms with Gasteiger partial charge in [0.1, 0.15) is 13.1 Å². The SMILES string of the molecule is Cc1c2c(cc3ccc(Cl)cc13)C[N+]1(CCCCC1)C2.[Cl-]. The molecule has 2 heterocycles. The largest absolute Gasteiger partial charge is 1.00 e. The monoisotopic (exact) mass is 321 g/mol. The van der Waals surface area contributed by atoms with E-state index in [0.717, 1.165) is 5.02 Å². The molecular weight excluding hydrogens is 301 g/mol. The van der Waals surface area contributed by atoms with Crippen molar-refractivity contribution in [2.45, 2.75) is 39.3 Å². The van der Waals surface area contributed by atoms with Crippen molar-refractivity contribution in [2.24, 2.45) is 0 Å². The molecule has 1 fully saturated rings. The van der Waals surface area contributed by atoms with Gasteiger partial charge in [0.15, 0.2) is 0 Å². The van der Waals surface area contributed by atoms with Crippen molar-refractivity contribution in [3.8, 4) is 0 Å². The molecule has 1 saturated heterocycles. The summed E-state index contributed by atoms with van der Waals surface area (Å²) in [5, 5.41) is 3.54. The van der Waals surface area contributed by atoms with Crippen molar-refractivity contribution in [2.75, 3.05) is 13.1 Å². The molecule has 0 amide bonds. The van der Waals surface area contributed by atoms with Crippen LogP contribution in [-0.2, 0) is 13.1 Å². The van der Waals surface area contributed by atoms with Crippen molar-refractivity contribution in [1.82, 2.24) is 0 Å². The lowest BCUT2D eigenvalue weighted by Crippen LogP contribution is -3.00. The molecule has 1 nitrogen and oxygen atoms in total. The van der Waals surface area contributed by atoms with E-state index in [1.807, 2.05) is 6.07 Å². The highest BCUT2D eigenvalue weighted by Crippen LogP contribution is 2.38. The van der Waals surface area contributed by atoms with E-state index in [1.54, 1.807) is 11.1 Å². The Balaban J connectivity index is 0.00000132. The van der Waals surface area contributed by atoms with Gasteiger partial charge in [-0.2, -0.15) is 0 Å². The second kappa shape index (κ2) is 5.46. The van der Waals surface area contributed by atoms with Gasteiger partial charge in [-0.05, 0) is 60.7 Å². The van der Waals surface area contributed by atoms with E-state index in [9.17, 15) is 0 Å². The highest BCUT2D eigenvalue weighted by molar-refractivity contribution is 6.31. The molecule has 0 unspecified atom stereocenters. The molecule has 112 valence electrons. The first-order valence-corrected chi connectivity index (χ1v) is 8.10. The molecule has 2 aliphatic heterocycles. The van der Waals surface area contributed by atoms with E-state index < -0.39 is 0 Å². The Morgan fingerprint density at radius 1 is 1.00 bits per heavy atom. The molecule has 0 bridgehead atoms. The Labute approximate surface area is 137 Å². The third kappa shape index (κ3) is 2.46. The molecular formula is C18H21Cl2N. The summed E-state index contributed by atoms with van der Waals surface area (Å²) >= 11 is 6.18. The maximum Gasteiger partial charge on any atom is 0.105 e. The maximum absolute atomic E-state index is 6.18. The quantitative estimate of drug-likeness (QED) is 0.649. The standard InChI is InChI=1S/C18H21ClN.ClH/c1-13-17-10-16(19)6-5-14(17)9-15-11-20(12-18(13)15)7-3-2-4-8-20;/h5-6,9-10H,2-4,7-8,11-12H2,1H3;1H/q+1;/p-1. The van der Waals surface area contributed by atoms with Crippen LogP contribution in [0.15, 0.2) is 24.3 Å². The number of hydrogen-bond acceptors (Lipinski definition) is 0. The molecule has 3 heteroatoms. The predicted octanol–water partition coefficient (Wildman–Crippen LogP) is 1.82. The van der Waals surface area contributed by atoms with Gasteiger partial charge in [0.2, 0.25) is 0 Å². The molecule has 2 aromatic rings. The van der Waals surface area contributed by atoms with Gasteiger partial charge in [-0.25, -0.2) is 0 Å². The minimum atomic E-state index is 0. The highest BCUT2D eigenvalue weighted by atomic mass is 35.5. The molecule has 2 aromatic carbocycles. The van der Waals surface area contributed by atoms with Gasteiger partial charge in [-0.1, -0.05) is 17.7 Å². The van der Waals surface area contributed by atoms with Gasteiger partial charge in [-0.15, -0.1) is 0 Å². The van der Waals surface area contributed by atoms with Gasteiger partial charge >= 0.3 is 0 Å². The molecule has 0 N–H and O–H groups in total. The van der Waals surface area contributed by atoms with Crippen LogP contribution in [0.5, 0.6) is 0 Å². The third-order valence-electron chi connectivity index (χ3n) is 5.35. The van der Waals surface area contributed by atoms with Crippen LogP contribution in [-0.4, -0.2) is 17.6 Å². The normalized spacial score (nSPS) is 19.5. The second-order valence-corrected chi connectivity index (χ2v) is 7.11. The summed E-state index contributed by atoms with van der Waals surface area (Å²) in [6.45, 7) is 7.50. The predicted molar refractivity (Wildman–Crippen MR) is 84.9 cm³/mol. The Morgan fingerprint density at radius 2 is 1.76 bits per heavy atom. The Bertz CT molecular complexity index is 687. The number of nitrogens with zero attached hydrogens (tertiary/aromatic N) is 1. The molecule has 1 spiro atoms. The molecule has 4 rings (SSSR count). The number of rotatable bonds is 0. The van der Waals surface area contributed by atoms with Crippen LogP contribution < -0.4 is 12.4 Å². The Hall–Kier alpha value is -0.760. The zero-order valence-electron chi connectivity index (χ0n) is 12.5. The van der Waals surface area contributed by atoms with Crippen molar-refractivity contribution in [3.63, 3.8) is 0 Å². The van der Waals surface area contributed by atoms with Crippen molar-refractivity contribution >= 4 is 22.4 Å². The summed E-state index contributed by atoms with van der Waals surface area (Å²) in [7, 11) is 0. The van der Waals surface area contributed by atoms with Gasteiger partial charge in [0, 0.05) is 16.1 Å². The van der Waals surface area contributed by atoms with E-state index >= 15 is 0 Å². The molecule has 0 radical (unpaired) electrons. The first kappa shape index (κ1) is 15.1. The maximum atomic E-state index is 6.18. The van der Waals surface area contributed by atoms with Crippen LogP contribution in [0.1, 0.15) is 36.0 Å². The zero-order valence-corrected chi connectivity index (χ0v) is 14.0. The minimum absolute atomic E-state index is 0. The fraction of sp³-hybridized carbons (Fsp3) is 0.444. The molecule has 0 aliphatic carbocycles. The van der Waals surface area contributed by atoms with Crippen LogP contribution in [0.3, 0.4) is 0 Å². The fourth-order valence-electron chi connectivity index (χ4n) is 4.27. The van der Waals surface area contributed by atoms with E-state index in [0.29, 0.717) is 0 Å². The summed E-state index contributed by atoms with van der Waals surface area (Å²) in [5.74, 6) is 0. The molecule has 0 saturated carbocycles. The number of halogens is 2. The van der Waals surface area contributed by atoms with E-state index in [2.05, 4.69) is 25.1 Å². The number of piperidine rings is 1. The number of quaternary nitrogens is 1. The van der Waals surface area contributed by atoms with Crippen LogP contribution in [0.25, 0.3) is 10.8 Å². The van der Waals surface area contributed by atoms with Crippen molar-refractivity contribution in [1.29, 1.82) is 0 Å². The Morgan fingerprint density at radius 3 is 2.52 bits per heavy atom. The lowest BCUT2D eigenvalue weighted by Gasteiger charge is -2.37. The zero-order chi connectivity index (χ0) is 13.7. The number of aryl methyl sites for hydroxylation is 1. The van der Waals surface area contributed by atoms with Gasteiger partial charge < -0.3 is 16.9 Å². The van der Waals surface area contributed by atoms with Crippen LogP contribution in [0, 0.1) is 6.92 Å². The van der Waals surface area contributed by atoms with Gasteiger partial charge in [0.25, 0.3) is 0 Å². The third-order valence-corrected chi connectivity index (χ3v) is 5.59. The average Bonchev–Trinajstić information content (AvgIpc) is 2.79. The van der Waals surface area contributed by atoms with Gasteiger partial charge in [0.05, 0.1) is 13.1 Å². The topological polar surface area (TPSA) is 0 Å². The van der Waals surface area contributed by atoms with E-state index in [4.69, 9.17) is 11.6 Å². The van der Waals surface area contributed by atoms with Gasteiger partial charge in [-0.3, -0.25) is 0 Å².